The van der Waals surface area contributed by atoms with Gasteiger partial charge in [0.2, 0.25) is 0 Å². The minimum absolute atomic E-state index is 0.138. The van der Waals surface area contributed by atoms with Crippen LogP contribution in [0.1, 0.15) is 50.7 Å². The third kappa shape index (κ3) is 4.15. The number of aryl methyl sites for hydroxylation is 1. The first kappa shape index (κ1) is 24.5. The van der Waals surface area contributed by atoms with Crippen LogP contribution in [0, 0.1) is 6.92 Å². The average molecular weight is 541 g/mol. The highest BCUT2D eigenvalue weighted by Crippen LogP contribution is 2.43. The van der Waals surface area contributed by atoms with Crippen LogP contribution in [0.4, 0.5) is 0 Å². The molecule has 0 aliphatic heterocycles. The Balaban J connectivity index is 1.65. The van der Waals surface area contributed by atoms with Crippen LogP contribution in [0.15, 0.2) is 16.9 Å². The van der Waals surface area contributed by atoms with Crippen LogP contribution in [0.25, 0.3) is 20.3 Å². The molecule has 1 aromatic carbocycles. The lowest BCUT2D eigenvalue weighted by molar-refractivity contribution is 0.0326. The molecule has 0 fully saturated rings. The van der Waals surface area contributed by atoms with Crippen molar-refractivity contribution in [1.29, 1.82) is 0 Å². The summed E-state index contributed by atoms with van der Waals surface area (Å²) < 4.78 is 16.4. The number of thiophene rings is 2. The molecule has 4 aromatic rings. The molecule has 1 atom stereocenters. The van der Waals surface area contributed by atoms with Gasteiger partial charge in [-0.1, -0.05) is 23.2 Å². The molecule has 1 N–H and O–H groups in total. The van der Waals surface area contributed by atoms with E-state index in [1.807, 2.05) is 0 Å². The van der Waals surface area contributed by atoms with E-state index in [-0.39, 0.29) is 22.3 Å². The Kier molecular flexibility index (Phi) is 6.86. The predicted molar refractivity (Wildman–Crippen MR) is 133 cm³/mol. The lowest BCUT2D eigenvalue weighted by Gasteiger charge is -2.12. The summed E-state index contributed by atoms with van der Waals surface area (Å²) in [5.41, 5.74) is 0.0544. The Bertz CT molecular complexity index is 1510. The first-order chi connectivity index (χ1) is 16.2. The molecule has 0 radical (unpaired) electrons. The second kappa shape index (κ2) is 9.53. The highest BCUT2D eigenvalue weighted by atomic mass is 35.5. The molecule has 4 rings (SSSR count). The highest BCUT2D eigenvalue weighted by Gasteiger charge is 2.26. The van der Waals surface area contributed by atoms with Gasteiger partial charge in [0.05, 0.1) is 28.8 Å². The topological polar surface area (TPSA) is 108 Å². The molecule has 0 spiro atoms. The number of rotatable bonds is 6. The van der Waals surface area contributed by atoms with Crippen LogP contribution >= 0.6 is 45.9 Å². The molecule has 34 heavy (non-hydrogen) atoms. The maximum atomic E-state index is 12.9. The number of benzene rings is 1. The number of hydrogen-bond acceptors (Lipinski definition) is 9. The molecule has 1 unspecified atom stereocenters. The Morgan fingerprint density at radius 1 is 1.15 bits per heavy atom. The van der Waals surface area contributed by atoms with Crippen molar-refractivity contribution in [3.63, 3.8) is 0 Å². The number of methoxy groups -OCH3 is 1. The van der Waals surface area contributed by atoms with Gasteiger partial charge in [-0.3, -0.25) is 4.79 Å². The van der Waals surface area contributed by atoms with Gasteiger partial charge in [0.25, 0.3) is 5.56 Å². The van der Waals surface area contributed by atoms with E-state index in [0.29, 0.717) is 41.5 Å². The zero-order chi connectivity index (χ0) is 24.7. The summed E-state index contributed by atoms with van der Waals surface area (Å²) in [6, 6.07) is 3.38. The van der Waals surface area contributed by atoms with Gasteiger partial charge >= 0.3 is 11.9 Å². The van der Waals surface area contributed by atoms with Crippen LogP contribution in [0.5, 0.6) is 5.75 Å². The summed E-state index contributed by atoms with van der Waals surface area (Å²) >= 11 is 14.9. The van der Waals surface area contributed by atoms with Gasteiger partial charge in [-0.2, -0.15) is 0 Å². The molecule has 178 valence electrons. The SMILES string of the molecule is CCOC(=O)c1sc2nc(C(C)OC(=O)c3sc4c(Cl)c(OC)ccc4c3Cl)[nH]c(=O)c2c1C. The van der Waals surface area contributed by atoms with E-state index in [1.54, 1.807) is 32.9 Å². The summed E-state index contributed by atoms with van der Waals surface area (Å²) in [4.78, 5) is 45.7. The number of hydrogen-bond donors (Lipinski definition) is 1. The number of halogens is 2. The quantitative estimate of drug-likeness (QED) is 0.302. The normalized spacial score (nSPS) is 12.2. The fraction of sp³-hybridized carbons (Fsp3) is 0.273. The van der Waals surface area contributed by atoms with E-state index in [4.69, 9.17) is 37.4 Å². The van der Waals surface area contributed by atoms with E-state index in [9.17, 15) is 14.4 Å². The van der Waals surface area contributed by atoms with Crippen molar-refractivity contribution in [3.8, 4) is 5.75 Å². The summed E-state index contributed by atoms with van der Waals surface area (Å²) in [6.07, 6.45) is -0.899. The van der Waals surface area contributed by atoms with Crippen molar-refractivity contribution < 1.29 is 23.8 Å². The summed E-state index contributed by atoms with van der Waals surface area (Å²) in [5.74, 6) is -0.604. The molecule has 12 heteroatoms. The van der Waals surface area contributed by atoms with E-state index < -0.39 is 23.6 Å². The molecule has 3 aromatic heterocycles. The number of nitrogens with zero attached hydrogens (tertiary/aromatic N) is 1. The minimum Gasteiger partial charge on any atom is -0.495 e. The van der Waals surface area contributed by atoms with E-state index in [1.165, 1.54) is 7.11 Å². The zero-order valence-electron chi connectivity index (χ0n) is 18.4. The molecule has 8 nitrogen and oxygen atoms in total. The molecule has 0 amide bonds. The molecule has 0 aliphatic rings. The third-order valence-electron chi connectivity index (χ3n) is 5.06. The number of aromatic amines is 1. The third-order valence-corrected chi connectivity index (χ3v) is 8.42. The van der Waals surface area contributed by atoms with Crippen molar-refractivity contribution in [2.75, 3.05) is 13.7 Å². The van der Waals surface area contributed by atoms with Gasteiger partial charge in [-0.05, 0) is 38.5 Å². The number of carbonyl (C=O) groups excluding carboxylic acids is 2. The van der Waals surface area contributed by atoms with Crippen LogP contribution < -0.4 is 10.3 Å². The van der Waals surface area contributed by atoms with Crippen molar-refractivity contribution in [3.05, 3.63) is 53.7 Å². The van der Waals surface area contributed by atoms with Gasteiger partial charge in [-0.15, -0.1) is 22.7 Å². The first-order valence-electron chi connectivity index (χ1n) is 10.0. The highest BCUT2D eigenvalue weighted by molar-refractivity contribution is 7.22. The number of esters is 2. The smallest absolute Gasteiger partial charge is 0.350 e. The van der Waals surface area contributed by atoms with Crippen molar-refractivity contribution in [1.82, 2.24) is 9.97 Å². The standard InChI is InChI=1S/C22H18Cl2N2O6S2/c1-5-31-21(28)15-8(2)12-19(27)25-18(26-20(12)34-15)9(3)32-22(29)17-13(23)10-6-7-11(30-4)14(24)16(10)33-17/h6-7,9H,5H2,1-4H3,(H,25,26,27). The molecular formula is C22H18Cl2N2O6S2. The summed E-state index contributed by atoms with van der Waals surface area (Å²) in [5, 5.41) is 1.46. The van der Waals surface area contributed by atoms with Crippen LogP contribution in [-0.2, 0) is 9.47 Å². The summed E-state index contributed by atoms with van der Waals surface area (Å²) in [7, 11) is 1.49. The minimum atomic E-state index is -0.899. The number of nitrogens with one attached hydrogen (secondary N) is 1. The Morgan fingerprint density at radius 2 is 1.88 bits per heavy atom. The Hall–Kier alpha value is -2.66. The molecule has 3 heterocycles. The fourth-order valence-electron chi connectivity index (χ4n) is 3.38. The van der Waals surface area contributed by atoms with Crippen LogP contribution in [0.2, 0.25) is 10.0 Å². The monoisotopic (exact) mass is 540 g/mol. The van der Waals surface area contributed by atoms with Crippen LogP contribution in [-0.4, -0.2) is 35.6 Å². The number of fused-ring (bicyclic) bond motifs is 2. The lowest BCUT2D eigenvalue weighted by Crippen LogP contribution is -2.17. The predicted octanol–water partition coefficient (Wildman–Crippen LogP) is 5.92. The van der Waals surface area contributed by atoms with Gasteiger partial charge in [0.1, 0.15) is 25.4 Å². The van der Waals surface area contributed by atoms with Gasteiger partial charge in [0.15, 0.2) is 11.9 Å². The van der Waals surface area contributed by atoms with Crippen molar-refractivity contribution in [2.24, 2.45) is 0 Å². The first-order valence-corrected chi connectivity index (χ1v) is 12.4. The Morgan fingerprint density at radius 3 is 2.56 bits per heavy atom. The largest absolute Gasteiger partial charge is 0.495 e. The lowest BCUT2D eigenvalue weighted by atomic mass is 10.2. The van der Waals surface area contributed by atoms with E-state index in [0.717, 1.165) is 22.7 Å². The molecule has 0 saturated carbocycles. The van der Waals surface area contributed by atoms with Gasteiger partial charge in [0, 0.05) is 5.39 Å². The van der Waals surface area contributed by atoms with Crippen molar-refractivity contribution in [2.45, 2.75) is 26.9 Å². The van der Waals surface area contributed by atoms with Gasteiger partial charge in [-0.25, -0.2) is 14.6 Å². The second-order valence-corrected chi connectivity index (χ2v) is 9.93. The fourth-order valence-corrected chi connectivity index (χ4v) is 6.24. The van der Waals surface area contributed by atoms with Gasteiger partial charge < -0.3 is 19.2 Å². The summed E-state index contributed by atoms with van der Waals surface area (Å²) in [6.45, 7) is 5.15. The maximum absolute atomic E-state index is 12.9. The van der Waals surface area contributed by atoms with Crippen LogP contribution in [0.3, 0.4) is 0 Å². The maximum Gasteiger partial charge on any atom is 0.350 e. The van der Waals surface area contributed by atoms with E-state index >= 15 is 0 Å². The second-order valence-electron chi connectivity index (χ2n) is 7.16. The molecular weight excluding hydrogens is 523 g/mol. The number of aromatic nitrogens is 2. The van der Waals surface area contributed by atoms with Crippen molar-refractivity contribution >= 4 is 78.1 Å². The average Bonchev–Trinajstić information content (AvgIpc) is 3.32. The van der Waals surface area contributed by atoms with E-state index in [2.05, 4.69) is 9.97 Å². The number of ether oxygens (including phenoxy) is 3. The molecule has 0 saturated heterocycles. The molecule has 0 bridgehead atoms. The zero-order valence-corrected chi connectivity index (χ0v) is 21.6. The molecule has 0 aliphatic carbocycles. The number of carbonyl (C=O) groups is 2. The number of H-pyrrole nitrogens is 1. The Labute approximate surface area is 211 Å².